The molecule has 1 rings (SSSR count). The van der Waals surface area contributed by atoms with Gasteiger partial charge >= 0.3 is 73.4 Å². The predicted molar refractivity (Wildman–Crippen MR) is 39.5 cm³/mol. The second-order valence-corrected chi connectivity index (χ2v) is 5.09. The predicted octanol–water partition coefficient (Wildman–Crippen LogP) is -1.61. The molecular formula is C7H14IN2-. The molecule has 0 aromatic heterocycles. The molecule has 0 fully saturated rings. The number of rotatable bonds is 0. The third kappa shape index (κ3) is 2.96. The monoisotopic (exact) mass is 253 g/mol. The molecule has 1 heterocycles. The van der Waals surface area contributed by atoms with Gasteiger partial charge in [-0.25, -0.2) is 0 Å². The molecule has 0 amide bonds. The van der Waals surface area contributed by atoms with Crippen LogP contribution >= 0.6 is 0 Å². The molecule has 0 aromatic carbocycles. The third-order valence-electron chi connectivity index (χ3n) is 1.60. The van der Waals surface area contributed by atoms with E-state index in [4.69, 9.17) is 0 Å². The van der Waals surface area contributed by atoms with Crippen molar-refractivity contribution in [2.75, 3.05) is 6.54 Å². The van der Waals surface area contributed by atoms with Crippen molar-refractivity contribution in [2.24, 2.45) is 8.62 Å². The van der Waals surface area contributed by atoms with E-state index in [9.17, 15) is 0 Å². The van der Waals surface area contributed by atoms with Gasteiger partial charge in [0.1, 0.15) is 0 Å². The minimum absolute atomic E-state index is 0.0705. The second-order valence-electron chi connectivity index (χ2n) is 3.29. The summed E-state index contributed by atoms with van der Waals surface area (Å²) in [5, 5.41) is 0. The number of nitrogens with zero attached hydrogens (tertiary/aromatic N) is 1. The van der Waals surface area contributed by atoms with Crippen molar-refractivity contribution >= 4 is 6.21 Å². The van der Waals surface area contributed by atoms with Crippen LogP contribution in [0, 0.1) is 5.41 Å². The van der Waals surface area contributed by atoms with Crippen molar-refractivity contribution in [1.29, 1.82) is 0 Å². The summed E-state index contributed by atoms with van der Waals surface area (Å²) in [6, 6.07) is 0. The second kappa shape index (κ2) is 3.67. The van der Waals surface area contributed by atoms with Crippen LogP contribution in [-0.4, -0.2) is 12.8 Å². The van der Waals surface area contributed by atoms with Gasteiger partial charge in [0.15, 0.2) is 0 Å². The molecule has 1 aliphatic rings. The number of nitrogens with one attached hydrogen (secondary N) is 1. The molecule has 0 radical (unpaired) electrons. The molecule has 0 saturated carbocycles. The molecule has 0 atom stereocenters. The van der Waals surface area contributed by atoms with Gasteiger partial charge in [-0.3, -0.25) is 0 Å². The minimum atomic E-state index is -0.0705. The van der Waals surface area contributed by atoms with Crippen LogP contribution in [0.1, 0.15) is 26.7 Å². The van der Waals surface area contributed by atoms with Crippen LogP contribution in [0.25, 0.3) is 0 Å². The Bertz CT molecular complexity index is 132. The molecule has 10 heavy (non-hydrogen) atoms. The van der Waals surface area contributed by atoms with Crippen LogP contribution < -0.4 is 25.3 Å². The fourth-order valence-electron chi connectivity index (χ4n) is 0.909. The van der Waals surface area contributed by atoms with Crippen LogP contribution in [0.4, 0.5) is 0 Å². The summed E-state index contributed by atoms with van der Waals surface area (Å²) in [4.78, 5) is 0. The van der Waals surface area contributed by atoms with Crippen LogP contribution in [-0.2, 0) is 0 Å². The molecule has 0 bridgehead atoms. The van der Waals surface area contributed by atoms with Gasteiger partial charge in [-0.1, -0.05) is 0 Å². The average molecular weight is 253 g/mol. The SMILES string of the molecule is CC1(C)C=N[I-]NCCC1. The maximum absolute atomic E-state index is 4.36. The van der Waals surface area contributed by atoms with E-state index in [-0.39, 0.29) is 21.8 Å². The fraction of sp³-hybridized carbons (Fsp3) is 0.857. The third-order valence-corrected chi connectivity index (χ3v) is 3.04. The van der Waals surface area contributed by atoms with E-state index in [0.717, 1.165) is 6.54 Å². The van der Waals surface area contributed by atoms with Gasteiger partial charge in [-0.05, 0) is 0 Å². The van der Waals surface area contributed by atoms with E-state index < -0.39 is 0 Å². The molecule has 2 nitrogen and oxygen atoms in total. The normalized spacial score (nSPS) is 26.2. The van der Waals surface area contributed by atoms with Crippen LogP contribution in [0.3, 0.4) is 0 Å². The molecular weight excluding hydrogens is 239 g/mol. The molecule has 60 valence electrons. The summed E-state index contributed by atoms with van der Waals surface area (Å²) >= 11 is -0.0705. The Hall–Kier alpha value is 0.360. The Morgan fingerprint density at radius 2 is 2.40 bits per heavy atom. The summed E-state index contributed by atoms with van der Waals surface area (Å²) in [6.45, 7) is 5.67. The van der Waals surface area contributed by atoms with E-state index >= 15 is 0 Å². The molecule has 0 aromatic rings. The summed E-state index contributed by atoms with van der Waals surface area (Å²) in [7, 11) is 0. The molecule has 1 aliphatic heterocycles. The number of hydrogen-bond donors (Lipinski definition) is 1. The molecule has 0 spiro atoms. The quantitative estimate of drug-likeness (QED) is 0.407. The van der Waals surface area contributed by atoms with Crippen molar-refractivity contribution in [3.63, 3.8) is 0 Å². The van der Waals surface area contributed by atoms with Crippen LogP contribution in [0.2, 0.25) is 0 Å². The first-order chi connectivity index (χ1) is 4.71. The Labute approximate surface area is 73.5 Å². The van der Waals surface area contributed by atoms with Gasteiger partial charge in [0.05, 0.1) is 0 Å². The Balaban J connectivity index is 2.49. The van der Waals surface area contributed by atoms with Crippen molar-refractivity contribution in [3.05, 3.63) is 0 Å². The van der Waals surface area contributed by atoms with Crippen LogP contribution in [0.5, 0.6) is 0 Å². The summed E-state index contributed by atoms with van der Waals surface area (Å²) in [5.41, 5.74) is 0.349. The van der Waals surface area contributed by atoms with Crippen molar-refractivity contribution < 1.29 is 21.8 Å². The Kier molecular flexibility index (Phi) is 3.10. The maximum atomic E-state index is 4.36. The molecule has 0 unspecified atom stereocenters. The van der Waals surface area contributed by atoms with Gasteiger partial charge in [0, 0.05) is 0 Å². The zero-order valence-electron chi connectivity index (χ0n) is 6.52. The first-order valence-corrected chi connectivity index (χ1v) is 5.66. The van der Waals surface area contributed by atoms with Crippen LogP contribution in [0.15, 0.2) is 3.21 Å². The van der Waals surface area contributed by atoms with Crippen molar-refractivity contribution in [2.45, 2.75) is 26.7 Å². The average Bonchev–Trinajstić information content (AvgIpc) is 1.81. The molecule has 0 saturated heterocycles. The van der Waals surface area contributed by atoms with Gasteiger partial charge < -0.3 is 0 Å². The standard InChI is InChI=1S/C7H14IN2/c1-7(2)4-3-5-9-8-10-6-7/h6,9H,3-5H2,1-2H3/q-1. The summed E-state index contributed by atoms with van der Waals surface area (Å²) in [6.07, 6.45) is 4.67. The van der Waals surface area contributed by atoms with E-state index in [1.807, 2.05) is 0 Å². The topological polar surface area (TPSA) is 24.4 Å². The van der Waals surface area contributed by atoms with Gasteiger partial charge in [-0.15, -0.1) is 0 Å². The van der Waals surface area contributed by atoms with Crippen molar-refractivity contribution in [1.82, 2.24) is 3.53 Å². The first kappa shape index (κ1) is 8.46. The van der Waals surface area contributed by atoms with E-state index in [1.165, 1.54) is 12.8 Å². The molecule has 3 heteroatoms. The Morgan fingerprint density at radius 1 is 1.60 bits per heavy atom. The Morgan fingerprint density at radius 3 is 3.20 bits per heavy atom. The number of hydrogen-bond acceptors (Lipinski definition) is 2. The van der Waals surface area contributed by atoms with E-state index in [0.29, 0.717) is 5.41 Å². The zero-order valence-corrected chi connectivity index (χ0v) is 8.68. The van der Waals surface area contributed by atoms with E-state index in [2.05, 4.69) is 26.8 Å². The molecule has 0 aliphatic carbocycles. The van der Waals surface area contributed by atoms with Gasteiger partial charge in [-0.2, -0.15) is 0 Å². The fourth-order valence-corrected chi connectivity index (χ4v) is 2.62. The number of halogens is 1. The summed E-state index contributed by atoms with van der Waals surface area (Å²) < 4.78 is 7.69. The van der Waals surface area contributed by atoms with Crippen molar-refractivity contribution in [3.8, 4) is 0 Å². The summed E-state index contributed by atoms with van der Waals surface area (Å²) in [5.74, 6) is 0. The van der Waals surface area contributed by atoms with Gasteiger partial charge in [0.2, 0.25) is 0 Å². The first-order valence-electron chi connectivity index (χ1n) is 3.61. The molecule has 1 N–H and O–H groups in total. The zero-order chi connectivity index (χ0) is 7.45. The van der Waals surface area contributed by atoms with Gasteiger partial charge in [0.25, 0.3) is 0 Å². The van der Waals surface area contributed by atoms with E-state index in [1.54, 1.807) is 0 Å².